The van der Waals surface area contributed by atoms with Gasteiger partial charge in [-0.15, -0.1) is 0 Å². The molecule has 0 unspecified atom stereocenters. The smallest absolute Gasteiger partial charge is 0.261 e. The topological polar surface area (TPSA) is 75.3 Å². The van der Waals surface area contributed by atoms with Gasteiger partial charge in [-0.3, -0.25) is 9.52 Å². The zero-order chi connectivity index (χ0) is 20.1. The maximum Gasteiger partial charge on any atom is 0.261 e. The van der Waals surface area contributed by atoms with Crippen LogP contribution in [0.1, 0.15) is 15.9 Å². The van der Waals surface area contributed by atoms with Crippen LogP contribution < -0.4 is 10.0 Å². The van der Waals surface area contributed by atoms with E-state index in [2.05, 4.69) is 10.0 Å². The number of carbonyl (C=O) groups excluding carboxylic acids is 1. The van der Waals surface area contributed by atoms with Gasteiger partial charge in [-0.05, 0) is 66.2 Å². The molecular formula is C20H16Cl2N2O3S. The summed E-state index contributed by atoms with van der Waals surface area (Å²) in [6.07, 6.45) is 0. The number of hydrogen-bond donors (Lipinski definition) is 2. The number of carbonyl (C=O) groups is 1. The van der Waals surface area contributed by atoms with E-state index < -0.39 is 10.0 Å². The van der Waals surface area contributed by atoms with Gasteiger partial charge in [-0.1, -0.05) is 35.3 Å². The minimum atomic E-state index is -3.77. The highest BCUT2D eigenvalue weighted by Crippen LogP contribution is 2.19. The Labute approximate surface area is 173 Å². The Bertz CT molecular complexity index is 1080. The molecule has 0 fully saturated rings. The molecule has 0 saturated heterocycles. The molecule has 3 rings (SSSR count). The highest BCUT2D eigenvalue weighted by Gasteiger charge is 2.15. The zero-order valence-corrected chi connectivity index (χ0v) is 16.9. The van der Waals surface area contributed by atoms with E-state index in [0.717, 1.165) is 5.56 Å². The summed E-state index contributed by atoms with van der Waals surface area (Å²) in [7, 11) is -3.77. The van der Waals surface area contributed by atoms with Crippen molar-refractivity contribution in [2.75, 3.05) is 4.72 Å². The Morgan fingerprint density at radius 3 is 2.18 bits per heavy atom. The van der Waals surface area contributed by atoms with E-state index in [1.807, 2.05) is 6.07 Å². The molecular weight excluding hydrogens is 419 g/mol. The van der Waals surface area contributed by atoms with Crippen molar-refractivity contribution in [1.29, 1.82) is 0 Å². The summed E-state index contributed by atoms with van der Waals surface area (Å²) in [5, 5.41) is 3.87. The quantitative estimate of drug-likeness (QED) is 0.588. The van der Waals surface area contributed by atoms with Gasteiger partial charge in [0.15, 0.2) is 0 Å². The molecule has 144 valence electrons. The summed E-state index contributed by atoms with van der Waals surface area (Å²) in [5.41, 5.74) is 1.62. The zero-order valence-electron chi connectivity index (χ0n) is 14.5. The van der Waals surface area contributed by atoms with Crippen LogP contribution in [0.4, 0.5) is 5.69 Å². The van der Waals surface area contributed by atoms with Crippen LogP contribution in [0.3, 0.4) is 0 Å². The molecule has 0 aliphatic heterocycles. The summed E-state index contributed by atoms with van der Waals surface area (Å²) in [6, 6.07) is 19.2. The van der Waals surface area contributed by atoms with Crippen LogP contribution >= 0.6 is 23.2 Å². The molecule has 1 amide bonds. The van der Waals surface area contributed by atoms with Crippen LogP contribution in [-0.4, -0.2) is 14.3 Å². The molecule has 0 aromatic heterocycles. The molecule has 0 spiro atoms. The summed E-state index contributed by atoms with van der Waals surface area (Å²) in [6.45, 7) is 0.317. The predicted molar refractivity (Wildman–Crippen MR) is 111 cm³/mol. The van der Waals surface area contributed by atoms with E-state index in [-0.39, 0.29) is 10.8 Å². The lowest BCUT2D eigenvalue weighted by Gasteiger charge is -2.09. The van der Waals surface area contributed by atoms with Crippen molar-refractivity contribution < 1.29 is 13.2 Å². The summed E-state index contributed by atoms with van der Waals surface area (Å²) < 4.78 is 27.4. The third kappa shape index (κ3) is 5.25. The Kier molecular flexibility index (Phi) is 6.24. The lowest BCUT2D eigenvalue weighted by atomic mass is 10.2. The van der Waals surface area contributed by atoms with Crippen molar-refractivity contribution >= 4 is 44.8 Å². The maximum absolute atomic E-state index is 12.5. The van der Waals surface area contributed by atoms with Gasteiger partial charge in [-0.2, -0.15) is 0 Å². The molecule has 0 radical (unpaired) electrons. The average molecular weight is 435 g/mol. The first-order valence-corrected chi connectivity index (χ1v) is 10.5. The van der Waals surface area contributed by atoms with E-state index >= 15 is 0 Å². The number of halogens is 2. The van der Waals surface area contributed by atoms with E-state index in [1.165, 1.54) is 24.3 Å². The number of nitrogens with one attached hydrogen (secondary N) is 2. The lowest BCUT2D eigenvalue weighted by Crippen LogP contribution is -2.23. The van der Waals surface area contributed by atoms with Gasteiger partial charge in [0.2, 0.25) is 0 Å². The molecule has 0 aliphatic rings. The van der Waals surface area contributed by atoms with Crippen LogP contribution in [0.25, 0.3) is 0 Å². The first kappa shape index (κ1) is 20.2. The molecule has 3 aromatic carbocycles. The van der Waals surface area contributed by atoms with E-state index in [0.29, 0.717) is 27.8 Å². The highest BCUT2D eigenvalue weighted by atomic mass is 35.5. The number of benzene rings is 3. The summed E-state index contributed by atoms with van der Waals surface area (Å²) >= 11 is 11.7. The van der Waals surface area contributed by atoms with Gasteiger partial charge >= 0.3 is 0 Å². The summed E-state index contributed by atoms with van der Waals surface area (Å²) in [4.78, 5) is 12.3. The van der Waals surface area contributed by atoms with Crippen molar-refractivity contribution in [1.82, 2.24) is 5.32 Å². The molecule has 8 heteroatoms. The monoisotopic (exact) mass is 434 g/mol. The largest absolute Gasteiger partial charge is 0.348 e. The normalized spacial score (nSPS) is 11.1. The van der Waals surface area contributed by atoms with Crippen LogP contribution in [0.2, 0.25) is 10.0 Å². The Balaban J connectivity index is 1.66. The van der Waals surface area contributed by atoms with Crippen molar-refractivity contribution in [3.05, 3.63) is 94.0 Å². The molecule has 2 N–H and O–H groups in total. The van der Waals surface area contributed by atoms with Crippen LogP contribution in [0.15, 0.2) is 77.7 Å². The van der Waals surface area contributed by atoms with Gasteiger partial charge in [0.05, 0.1) is 4.90 Å². The maximum atomic E-state index is 12.5. The number of amides is 1. The summed E-state index contributed by atoms with van der Waals surface area (Å²) in [5.74, 6) is -0.311. The van der Waals surface area contributed by atoms with Crippen LogP contribution in [-0.2, 0) is 16.6 Å². The minimum absolute atomic E-state index is 0.0499. The van der Waals surface area contributed by atoms with Gasteiger partial charge in [0.1, 0.15) is 0 Å². The third-order valence-electron chi connectivity index (χ3n) is 3.87. The van der Waals surface area contributed by atoms with E-state index in [4.69, 9.17) is 23.2 Å². The number of rotatable bonds is 6. The van der Waals surface area contributed by atoms with Gasteiger partial charge in [-0.25, -0.2) is 8.42 Å². The molecule has 0 atom stereocenters. The molecule has 0 saturated carbocycles. The molecule has 0 heterocycles. The molecule has 5 nitrogen and oxygen atoms in total. The van der Waals surface area contributed by atoms with Gasteiger partial charge in [0.25, 0.3) is 15.9 Å². The predicted octanol–water partition coefficient (Wildman–Crippen LogP) is 4.72. The Morgan fingerprint density at radius 2 is 1.54 bits per heavy atom. The first-order chi connectivity index (χ1) is 13.3. The standard InChI is InChI=1S/C20H16Cl2N2O3S/c21-16-6-8-18(9-7-16)24-28(26,27)19-10-4-15(5-11-19)20(25)23-13-14-2-1-3-17(22)12-14/h1-12,24H,13H2,(H,23,25). The number of hydrogen-bond acceptors (Lipinski definition) is 3. The van der Waals surface area contributed by atoms with Crippen molar-refractivity contribution in [3.63, 3.8) is 0 Å². The molecule has 0 bridgehead atoms. The number of anilines is 1. The fraction of sp³-hybridized carbons (Fsp3) is 0.0500. The lowest BCUT2D eigenvalue weighted by molar-refractivity contribution is 0.0951. The van der Waals surface area contributed by atoms with Crippen molar-refractivity contribution in [3.8, 4) is 0 Å². The first-order valence-electron chi connectivity index (χ1n) is 8.24. The molecule has 0 aliphatic carbocycles. The van der Waals surface area contributed by atoms with Crippen LogP contribution in [0.5, 0.6) is 0 Å². The number of sulfonamides is 1. The van der Waals surface area contributed by atoms with Crippen molar-refractivity contribution in [2.45, 2.75) is 11.4 Å². The van der Waals surface area contributed by atoms with Crippen molar-refractivity contribution in [2.24, 2.45) is 0 Å². The molecule has 28 heavy (non-hydrogen) atoms. The third-order valence-corrected chi connectivity index (χ3v) is 5.75. The van der Waals surface area contributed by atoms with E-state index in [9.17, 15) is 13.2 Å². The Hall–Kier alpha value is -2.54. The van der Waals surface area contributed by atoms with Gasteiger partial charge < -0.3 is 5.32 Å². The second kappa shape index (κ2) is 8.65. The fourth-order valence-corrected chi connectivity index (χ4v) is 3.85. The van der Waals surface area contributed by atoms with Crippen LogP contribution in [0, 0.1) is 0 Å². The second-order valence-corrected chi connectivity index (χ2v) is 8.50. The average Bonchev–Trinajstić information content (AvgIpc) is 2.68. The van der Waals surface area contributed by atoms with Gasteiger partial charge in [0, 0.05) is 27.8 Å². The highest BCUT2D eigenvalue weighted by molar-refractivity contribution is 7.92. The second-order valence-electron chi connectivity index (χ2n) is 5.95. The molecule has 3 aromatic rings. The van der Waals surface area contributed by atoms with E-state index in [1.54, 1.807) is 42.5 Å². The minimum Gasteiger partial charge on any atom is -0.348 e. The Morgan fingerprint density at radius 1 is 0.857 bits per heavy atom. The SMILES string of the molecule is O=C(NCc1cccc(Cl)c1)c1ccc(S(=O)(=O)Nc2ccc(Cl)cc2)cc1. The fourth-order valence-electron chi connectivity index (χ4n) is 2.45.